The number of nitrogens with zero attached hydrogens (tertiary/aromatic N) is 1. The minimum atomic E-state index is 0.229. The van der Waals surface area contributed by atoms with Crippen molar-refractivity contribution >= 4 is 5.91 Å². The van der Waals surface area contributed by atoms with E-state index in [0.717, 1.165) is 5.70 Å². The molecule has 4 atom stereocenters. The van der Waals surface area contributed by atoms with Gasteiger partial charge in [0.05, 0.1) is 5.92 Å². The number of allylic oxidation sites excluding steroid dienone is 3. The van der Waals surface area contributed by atoms with E-state index in [4.69, 9.17) is 0 Å². The van der Waals surface area contributed by atoms with Gasteiger partial charge in [0, 0.05) is 18.7 Å². The first kappa shape index (κ1) is 7.36. The molecule has 1 aliphatic heterocycles. The van der Waals surface area contributed by atoms with E-state index in [9.17, 15) is 4.79 Å². The van der Waals surface area contributed by atoms with Crippen LogP contribution in [-0.2, 0) is 4.79 Å². The van der Waals surface area contributed by atoms with E-state index < -0.39 is 0 Å². The number of amides is 1. The Bertz CT molecular complexity index is 301. The number of carbonyl (C=O) groups excluding carboxylic acids is 1. The molecule has 1 saturated heterocycles. The molecule has 3 aliphatic rings. The Morgan fingerprint density at radius 2 is 2.00 bits per heavy atom. The van der Waals surface area contributed by atoms with Gasteiger partial charge >= 0.3 is 0 Å². The molecule has 2 fully saturated rings. The lowest BCUT2D eigenvalue weighted by Gasteiger charge is -2.17. The average Bonchev–Trinajstić information content (AvgIpc) is 2.76. The molecule has 0 aromatic heterocycles. The summed E-state index contributed by atoms with van der Waals surface area (Å²) in [6.07, 6.45) is 5.66. The third-order valence-electron chi connectivity index (χ3n) is 3.89. The summed E-state index contributed by atoms with van der Waals surface area (Å²) >= 11 is 0. The molecule has 2 heteroatoms. The maximum atomic E-state index is 11.8. The van der Waals surface area contributed by atoms with E-state index in [-0.39, 0.29) is 11.8 Å². The zero-order chi connectivity index (χ0) is 9.16. The van der Waals surface area contributed by atoms with Crippen molar-refractivity contribution in [3.63, 3.8) is 0 Å². The van der Waals surface area contributed by atoms with Gasteiger partial charge < -0.3 is 4.90 Å². The van der Waals surface area contributed by atoms with Crippen molar-refractivity contribution in [1.82, 2.24) is 4.90 Å². The molecule has 0 N–H and O–H groups in total. The molecule has 2 nitrogen and oxygen atoms in total. The minimum Gasteiger partial charge on any atom is -0.319 e. The van der Waals surface area contributed by atoms with E-state index in [1.54, 1.807) is 4.90 Å². The lowest BCUT2D eigenvalue weighted by molar-refractivity contribution is -0.130. The van der Waals surface area contributed by atoms with Crippen LogP contribution in [0.25, 0.3) is 0 Å². The molecule has 2 bridgehead atoms. The maximum absolute atomic E-state index is 11.8. The summed E-state index contributed by atoms with van der Waals surface area (Å²) in [6.45, 7) is 4.02. The summed E-state index contributed by atoms with van der Waals surface area (Å²) in [5, 5.41) is 0. The van der Waals surface area contributed by atoms with Gasteiger partial charge in [-0.3, -0.25) is 4.79 Å². The molecule has 1 amide bonds. The summed E-state index contributed by atoms with van der Waals surface area (Å²) in [6, 6.07) is 0. The summed E-state index contributed by atoms with van der Waals surface area (Å²) < 4.78 is 0. The van der Waals surface area contributed by atoms with Crippen LogP contribution in [0.5, 0.6) is 0 Å². The zero-order valence-corrected chi connectivity index (χ0v) is 7.73. The third-order valence-corrected chi connectivity index (χ3v) is 3.89. The van der Waals surface area contributed by atoms with Gasteiger partial charge in [-0.15, -0.1) is 0 Å². The predicted molar refractivity (Wildman–Crippen MR) is 49.6 cm³/mol. The van der Waals surface area contributed by atoms with Gasteiger partial charge in [-0.25, -0.2) is 0 Å². The molecule has 3 rings (SSSR count). The maximum Gasteiger partial charge on any atom is 0.230 e. The first-order chi connectivity index (χ1) is 6.20. The summed E-state index contributed by atoms with van der Waals surface area (Å²) in [5.41, 5.74) is 1.03. The fourth-order valence-corrected chi connectivity index (χ4v) is 3.20. The highest BCUT2D eigenvalue weighted by atomic mass is 16.2. The van der Waals surface area contributed by atoms with E-state index >= 15 is 0 Å². The number of fused-ring (bicyclic) bond motifs is 5. The molecule has 0 spiro atoms. The number of hydrogen-bond donors (Lipinski definition) is 0. The second kappa shape index (κ2) is 2.06. The molecule has 68 valence electrons. The second-order valence-electron chi connectivity index (χ2n) is 4.39. The highest BCUT2D eigenvalue weighted by Crippen LogP contribution is 2.55. The lowest BCUT2D eigenvalue weighted by atomic mass is 9.84. The van der Waals surface area contributed by atoms with E-state index in [0.29, 0.717) is 17.8 Å². The monoisotopic (exact) mass is 175 g/mol. The first-order valence-corrected chi connectivity index (χ1v) is 4.85. The van der Waals surface area contributed by atoms with Gasteiger partial charge in [0.1, 0.15) is 0 Å². The Hall–Kier alpha value is -1.05. The van der Waals surface area contributed by atoms with Gasteiger partial charge in [-0.05, 0) is 18.3 Å². The highest BCUT2D eigenvalue weighted by molar-refractivity contribution is 5.85. The van der Waals surface area contributed by atoms with Crippen molar-refractivity contribution in [1.29, 1.82) is 0 Å². The minimum absolute atomic E-state index is 0.229. The molecule has 13 heavy (non-hydrogen) atoms. The van der Waals surface area contributed by atoms with Crippen LogP contribution in [0.3, 0.4) is 0 Å². The van der Waals surface area contributed by atoms with Gasteiger partial charge in [-0.2, -0.15) is 0 Å². The van der Waals surface area contributed by atoms with Gasteiger partial charge in [0.15, 0.2) is 0 Å². The topological polar surface area (TPSA) is 20.3 Å². The smallest absolute Gasteiger partial charge is 0.230 e. The Kier molecular flexibility index (Phi) is 1.17. The van der Waals surface area contributed by atoms with Crippen LogP contribution in [-0.4, -0.2) is 17.9 Å². The summed E-state index contributed by atoms with van der Waals surface area (Å²) in [7, 11) is 1.85. The third kappa shape index (κ3) is 0.679. The van der Waals surface area contributed by atoms with Crippen molar-refractivity contribution in [2.24, 2.45) is 23.7 Å². The van der Waals surface area contributed by atoms with E-state index in [2.05, 4.69) is 18.7 Å². The standard InChI is InChI=1S/C11H13NO/c1-6-9-7-3-4-8(5-7)10(9)11(13)12(6)2/h3-4,7-10H,1,5H2,2H3/t7-,8+,9+,10-/m0/s1. The summed E-state index contributed by atoms with van der Waals surface area (Å²) in [5.74, 6) is 2.03. The Labute approximate surface area is 77.9 Å². The van der Waals surface area contributed by atoms with Gasteiger partial charge in [0.2, 0.25) is 5.91 Å². The number of likely N-dealkylation sites (tertiary alicyclic amines) is 1. The molecule has 0 unspecified atom stereocenters. The van der Waals surface area contributed by atoms with Crippen molar-refractivity contribution in [2.75, 3.05) is 7.05 Å². The van der Waals surface area contributed by atoms with Crippen LogP contribution in [0.4, 0.5) is 0 Å². The van der Waals surface area contributed by atoms with E-state index in [1.165, 1.54) is 6.42 Å². The largest absolute Gasteiger partial charge is 0.319 e. The average molecular weight is 175 g/mol. The van der Waals surface area contributed by atoms with Gasteiger partial charge in [0.25, 0.3) is 0 Å². The van der Waals surface area contributed by atoms with Crippen molar-refractivity contribution in [3.05, 3.63) is 24.4 Å². The Morgan fingerprint density at radius 1 is 1.38 bits per heavy atom. The van der Waals surface area contributed by atoms with Crippen LogP contribution in [0.15, 0.2) is 24.4 Å². The van der Waals surface area contributed by atoms with Crippen molar-refractivity contribution < 1.29 is 4.79 Å². The van der Waals surface area contributed by atoms with Crippen LogP contribution in [0, 0.1) is 23.7 Å². The van der Waals surface area contributed by atoms with Crippen LogP contribution >= 0.6 is 0 Å². The van der Waals surface area contributed by atoms with Crippen LogP contribution < -0.4 is 0 Å². The molecular formula is C11H13NO. The fraction of sp³-hybridized carbons (Fsp3) is 0.545. The quantitative estimate of drug-likeness (QED) is 0.510. The first-order valence-electron chi connectivity index (χ1n) is 4.85. The SMILES string of the molecule is C=C1[C@H]2[C@@H](C(=O)N1C)[C@@H]1C=C[C@H]2C1. The molecule has 0 aromatic carbocycles. The molecule has 1 heterocycles. The Morgan fingerprint density at radius 3 is 2.62 bits per heavy atom. The predicted octanol–water partition coefficient (Wildman–Crippen LogP) is 1.41. The van der Waals surface area contributed by atoms with Crippen molar-refractivity contribution in [2.45, 2.75) is 6.42 Å². The summed E-state index contributed by atoms with van der Waals surface area (Å²) in [4.78, 5) is 13.6. The van der Waals surface area contributed by atoms with Crippen LogP contribution in [0.2, 0.25) is 0 Å². The molecular weight excluding hydrogens is 162 g/mol. The normalized spacial score (nSPS) is 46.4. The van der Waals surface area contributed by atoms with Gasteiger partial charge in [-0.1, -0.05) is 18.7 Å². The van der Waals surface area contributed by atoms with E-state index in [1.807, 2.05) is 7.05 Å². The second-order valence-corrected chi connectivity index (χ2v) is 4.39. The fourth-order valence-electron chi connectivity index (χ4n) is 3.20. The van der Waals surface area contributed by atoms with Crippen molar-refractivity contribution in [3.8, 4) is 0 Å². The molecule has 0 radical (unpaired) electrons. The molecule has 2 aliphatic carbocycles. The molecule has 1 saturated carbocycles. The number of carbonyl (C=O) groups is 1. The van der Waals surface area contributed by atoms with Crippen LogP contribution in [0.1, 0.15) is 6.42 Å². The number of rotatable bonds is 0. The highest BCUT2D eigenvalue weighted by Gasteiger charge is 2.55. The zero-order valence-electron chi connectivity index (χ0n) is 7.73. The Balaban J connectivity index is 2.08. The molecule has 0 aromatic rings. The number of hydrogen-bond acceptors (Lipinski definition) is 1. The lowest BCUT2D eigenvalue weighted by Crippen LogP contribution is -2.24.